The predicted octanol–water partition coefficient (Wildman–Crippen LogP) is 8.61. The summed E-state index contributed by atoms with van der Waals surface area (Å²) in [7, 11) is 1.62. The highest BCUT2D eigenvalue weighted by molar-refractivity contribution is 5.66. The van der Waals surface area contributed by atoms with E-state index in [9.17, 15) is 8.78 Å². The Labute approximate surface area is 195 Å². The van der Waals surface area contributed by atoms with Crippen molar-refractivity contribution in [2.45, 2.75) is 63.4 Å². The highest BCUT2D eigenvalue weighted by Gasteiger charge is 2.28. The maximum Gasteiger partial charge on any atom is 0.166 e. The maximum atomic E-state index is 15.0. The van der Waals surface area contributed by atoms with Gasteiger partial charge >= 0.3 is 0 Å². The van der Waals surface area contributed by atoms with E-state index in [1.165, 1.54) is 0 Å². The number of hydrogen-bond donors (Lipinski definition) is 0. The molecule has 0 saturated heterocycles. The number of ether oxygens (including phenoxy) is 1. The predicted molar refractivity (Wildman–Crippen MR) is 129 cm³/mol. The minimum Gasteiger partial charge on any atom is -0.377 e. The van der Waals surface area contributed by atoms with Gasteiger partial charge in [0.15, 0.2) is 11.6 Å². The van der Waals surface area contributed by atoms with Crippen LogP contribution in [-0.2, 0) is 4.74 Å². The fourth-order valence-corrected chi connectivity index (χ4v) is 5.47. The Kier molecular flexibility index (Phi) is 7.75. The normalized spacial score (nSPS) is 25.5. The van der Waals surface area contributed by atoms with Crippen LogP contribution < -0.4 is 0 Å². The summed E-state index contributed by atoms with van der Waals surface area (Å²) >= 11 is 0. The quantitative estimate of drug-likeness (QED) is 0.407. The molecule has 1 fully saturated rings. The van der Waals surface area contributed by atoms with Crippen molar-refractivity contribution < 1.29 is 17.9 Å². The Morgan fingerprint density at radius 3 is 2.24 bits per heavy atom. The first-order valence-electron chi connectivity index (χ1n) is 12.1. The lowest BCUT2D eigenvalue weighted by molar-refractivity contribution is 0.113. The fraction of sp³-hybridized carbons (Fsp3) is 0.448. The van der Waals surface area contributed by atoms with Crippen LogP contribution in [-0.4, -0.2) is 13.2 Å². The number of methoxy groups -OCH3 is 1. The first-order valence-corrected chi connectivity index (χ1v) is 12.1. The molecule has 4 rings (SSSR count). The highest BCUT2D eigenvalue weighted by Crippen LogP contribution is 2.41. The third kappa shape index (κ3) is 5.43. The molecule has 4 heteroatoms. The van der Waals surface area contributed by atoms with Gasteiger partial charge in [0.1, 0.15) is 5.83 Å². The molecular formula is C29H33F3O. The maximum absolute atomic E-state index is 15.0. The molecule has 176 valence electrons. The first-order chi connectivity index (χ1) is 16.0. The van der Waals surface area contributed by atoms with Gasteiger partial charge in [-0.2, -0.15) is 0 Å². The Hall–Kier alpha value is -2.33. The molecule has 2 aliphatic carbocycles. The van der Waals surface area contributed by atoms with Gasteiger partial charge in [0, 0.05) is 18.6 Å². The lowest BCUT2D eigenvalue weighted by Gasteiger charge is -2.31. The van der Waals surface area contributed by atoms with Crippen LogP contribution in [0.5, 0.6) is 0 Å². The summed E-state index contributed by atoms with van der Waals surface area (Å²) in [6.07, 6.45) is 10.5. The van der Waals surface area contributed by atoms with Crippen molar-refractivity contribution in [3.63, 3.8) is 0 Å². The number of benzene rings is 2. The second-order valence-electron chi connectivity index (χ2n) is 9.55. The number of allylic oxidation sites excluding steroid dienone is 1. The zero-order valence-corrected chi connectivity index (χ0v) is 19.3. The third-order valence-electron chi connectivity index (χ3n) is 7.62. The summed E-state index contributed by atoms with van der Waals surface area (Å²) in [5.74, 6) is -0.931. The van der Waals surface area contributed by atoms with Crippen LogP contribution in [0.25, 0.3) is 17.2 Å². The first kappa shape index (κ1) is 23.8. The molecule has 2 unspecified atom stereocenters. The molecule has 0 heterocycles. The Morgan fingerprint density at radius 2 is 1.61 bits per heavy atom. The number of rotatable bonds is 7. The summed E-state index contributed by atoms with van der Waals surface area (Å²) in [4.78, 5) is 0. The second kappa shape index (κ2) is 10.7. The average Bonchev–Trinajstić information content (AvgIpc) is 2.85. The lowest BCUT2D eigenvalue weighted by Crippen LogP contribution is -2.20. The van der Waals surface area contributed by atoms with E-state index in [4.69, 9.17) is 4.74 Å². The third-order valence-corrected chi connectivity index (χ3v) is 7.62. The number of halogens is 3. The van der Waals surface area contributed by atoms with Crippen molar-refractivity contribution in [1.82, 2.24) is 0 Å². The van der Waals surface area contributed by atoms with Crippen molar-refractivity contribution in [2.75, 3.05) is 7.11 Å². The largest absolute Gasteiger partial charge is 0.377 e. The van der Waals surface area contributed by atoms with Crippen LogP contribution in [0, 0.1) is 23.5 Å². The molecule has 2 atom stereocenters. The Morgan fingerprint density at radius 1 is 0.879 bits per heavy atom. The average molecular weight is 455 g/mol. The van der Waals surface area contributed by atoms with Crippen LogP contribution in [0.2, 0.25) is 0 Å². The topological polar surface area (TPSA) is 9.23 Å². The monoisotopic (exact) mass is 454 g/mol. The van der Waals surface area contributed by atoms with Gasteiger partial charge in [0.05, 0.1) is 6.10 Å². The van der Waals surface area contributed by atoms with Crippen molar-refractivity contribution in [2.24, 2.45) is 11.8 Å². The molecule has 2 aromatic rings. The molecule has 2 aliphatic rings. The smallest absolute Gasteiger partial charge is 0.166 e. The summed E-state index contributed by atoms with van der Waals surface area (Å²) < 4.78 is 49.5. The molecule has 33 heavy (non-hydrogen) atoms. The molecule has 2 aromatic carbocycles. The van der Waals surface area contributed by atoms with Gasteiger partial charge < -0.3 is 4.74 Å². The molecule has 1 saturated carbocycles. The molecule has 0 N–H and O–H groups in total. The van der Waals surface area contributed by atoms with Crippen LogP contribution in [0.15, 0.2) is 54.9 Å². The molecule has 0 aliphatic heterocycles. The van der Waals surface area contributed by atoms with Crippen LogP contribution in [0.4, 0.5) is 13.2 Å². The molecule has 1 nitrogen and oxygen atoms in total. The van der Waals surface area contributed by atoms with E-state index in [-0.39, 0.29) is 23.8 Å². The van der Waals surface area contributed by atoms with Crippen LogP contribution >= 0.6 is 0 Å². The van der Waals surface area contributed by atoms with Gasteiger partial charge in [-0.15, -0.1) is 0 Å². The van der Waals surface area contributed by atoms with E-state index in [1.54, 1.807) is 43.5 Å². The minimum atomic E-state index is -0.769. The standard InChI is InChI=1S/C29H33F3O/c1-3-19-4-9-21(10-5-19)25-16-17-26(29(32)28(25)31)22-11-6-20(7-12-22)8-13-23-14-15-24(33-2)18-27(23)30/h3-5,9-10,16-18,20,22-24H,1,6-8,11-15H2,2H3. The van der Waals surface area contributed by atoms with Gasteiger partial charge in [-0.3, -0.25) is 0 Å². The Balaban J connectivity index is 1.35. The zero-order valence-electron chi connectivity index (χ0n) is 19.3. The van der Waals surface area contributed by atoms with Crippen molar-refractivity contribution in [3.8, 4) is 11.1 Å². The van der Waals surface area contributed by atoms with Gasteiger partial charge in [-0.05, 0) is 86.0 Å². The van der Waals surface area contributed by atoms with Crippen LogP contribution in [0.1, 0.15) is 68.4 Å². The van der Waals surface area contributed by atoms with E-state index in [1.807, 2.05) is 12.1 Å². The van der Waals surface area contributed by atoms with E-state index in [0.717, 1.165) is 56.9 Å². The molecule has 0 amide bonds. The van der Waals surface area contributed by atoms with E-state index >= 15 is 4.39 Å². The van der Waals surface area contributed by atoms with E-state index in [0.29, 0.717) is 22.6 Å². The molecule has 0 bridgehead atoms. The highest BCUT2D eigenvalue weighted by atomic mass is 19.2. The van der Waals surface area contributed by atoms with Crippen molar-refractivity contribution in [3.05, 3.63) is 77.6 Å². The Bertz CT molecular complexity index is 987. The molecule has 0 aromatic heterocycles. The minimum absolute atomic E-state index is 0.00811. The summed E-state index contributed by atoms with van der Waals surface area (Å²) in [6, 6.07) is 10.7. The van der Waals surface area contributed by atoms with Gasteiger partial charge in [0.25, 0.3) is 0 Å². The van der Waals surface area contributed by atoms with Crippen molar-refractivity contribution >= 4 is 6.08 Å². The zero-order chi connectivity index (χ0) is 23.4. The van der Waals surface area contributed by atoms with Crippen molar-refractivity contribution in [1.29, 1.82) is 0 Å². The van der Waals surface area contributed by atoms with Crippen LogP contribution in [0.3, 0.4) is 0 Å². The van der Waals surface area contributed by atoms with Gasteiger partial charge in [-0.1, -0.05) is 49.1 Å². The van der Waals surface area contributed by atoms with E-state index in [2.05, 4.69) is 6.58 Å². The SMILES string of the molecule is C=Cc1ccc(-c2ccc(C3CCC(CCC4CCC(OC)C=C4F)CC3)c(F)c2F)cc1. The fourth-order valence-electron chi connectivity index (χ4n) is 5.47. The second-order valence-corrected chi connectivity index (χ2v) is 9.55. The van der Waals surface area contributed by atoms with Gasteiger partial charge in [0.2, 0.25) is 0 Å². The molecule has 0 radical (unpaired) electrons. The summed E-state index contributed by atoms with van der Waals surface area (Å²) in [6.45, 7) is 3.72. The summed E-state index contributed by atoms with van der Waals surface area (Å²) in [5, 5.41) is 0. The number of hydrogen-bond acceptors (Lipinski definition) is 1. The van der Waals surface area contributed by atoms with Gasteiger partial charge in [-0.25, -0.2) is 13.2 Å². The molecule has 0 spiro atoms. The molecular weight excluding hydrogens is 421 g/mol. The lowest BCUT2D eigenvalue weighted by atomic mass is 9.75. The van der Waals surface area contributed by atoms with E-state index < -0.39 is 11.6 Å². The summed E-state index contributed by atoms with van der Waals surface area (Å²) in [5.41, 5.74) is 2.38.